The third-order valence-electron chi connectivity index (χ3n) is 12.6. The summed E-state index contributed by atoms with van der Waals surface area (Å²) < 4.78 is 0. The second-order valence-corrected chi connectivity index (χ2v) is 16.3. The minimum absolute atomic E-state index is 0.594. The lowest BCUT2D eigenvalue weighted by Crippen LogP contribution is -2.34. The molecule has 5 aliphatic rings. The van der Waals surface area contributed by atoms with Crippen LogP contribution in [0, 0.1) is 24.7 Å². The molecule has 0 unspecified atom stereocenters. The van der Waals surface area contributed by atoms with Crippen molar-refractivity contribution in [2.24, 2.45) is 22.7 Å². The van der Waals surface area contributed by atoms with Crippen molar-refractivity contribution in [3.8, 4) is 0 Å². The highest BCUT2D eigenvalue weighted by molar-refractivity contribution is 6.00. The number of pyridine rings is 1. The van der Waals surface area contributed by atoms with Gasteiger partial charge in [0, 0.05) is 48.5 Å². The second-order valence-electron chi connectivity index (χ2n) is 16.3. The van der Waals surface area contributed by atoms with Crippen LogP contribution >= 0.6 is 0 Å². The summed E-state index contributed by atoms with van der Waals surface area (Å²) in [7, 11) is 0. The first-order valence-corrected chi connectivity index (χ1v) is 20.6. The number of aliphatic imine (C=N–C) groups is 1. The Labute approximate surface area is 305 Å². The summed E-state index contributed by atoms with van der Waals surface area (Å²) in [6, 6.07) is 12.5. The van der Waals surface area contributed by atoms with E-state index < -0.39 is 0 Å². The van der Waals surface area contributed by atoms with Gasteiger partial charge in [0.1, 0.15) is 5.82 Å². The number of allylic oxidation sites excluding steroid dienone is 3. The number of nitrogens with one attached hydrogen (secondary N) is 1. The van der Waals surface area contributed by atoms with E-state index in [0.717, 1.165) is 43.6 Å². The standard InChI is InChI=1S/C36H47N3.C10H19N/c1-4-28-14-17-32(20-25(28)2)30-12-10-27(11-13-30)24-39(26(3)29-8-6-5-7-9-29)36-22-33(18-19-37-36)34-21-35(38-23-34)31-15-16-31;1-3-9(2)11-10-7-5-4-6-8-10/h14,17-20,22-23,27,29-31H,3-13,15-16,21,24H2,1-2H3;10-11H,2-8H2,1H3. The van der Waals surface area contributed by atoms with Crippen LogP contribution in [-0.2, 0) is 6.42 Å². The Hall–Kier alpha value is -3.14. The third-order valence-corrected chi connectivity index (χ3v) is 12.6. The zero-order valence-corrected chi connectivity index (χ0v) is 31.8. The van der Waals surface area contributed by atoms with E-state index in [-0.39, 0.29) is 0 Å². The maximum absolute atomic E-state index is 4.95. The van der Waals surface area contributed by atoms with Gasteiger partial charge >= 0.3 is 0 Å². The van der Waals surface area contributed by atoms with Crippen molar-refractivity contribution in [1.82, 2.24) is 10.3 Å². The van der Waals surface area contributed by atoms with E-state index in [1.165, 1.54) is 142 Å². The van der Waals surface area contributed by atoms with E-state index in [2.05, 4.69) is 74.1 Å². The Morgan fingerprint density at radius 2 is 1.52 bits per heavy atom. The zero-order valence-electron chi connectivity index (χ0n) is 31.8. The van der Waals surface area contributed by atoms with Crippen molar-refractivity contribution >= 4 is 17.1 Å². The van der Waals surface area contributed by atoms with Crippen molar-refractivity contribution in [2.45, 2.75) is 155 Å². The molecular weight excluding hydrogens is 609 g/mol. The van der Waals surface area contributed by atoms with Gasteiger partial charge in [-0.25, -0.2) is 4.98 Å². The smallest absolute Gasteiger partial charge is 0.133 e. The number of hydrogen-bond donors (Lipinski definition) is 1. The molecule has 270 valence electrons. The number of aryl methyl sites for hydroxylation is 2. The minimum atomic E-state index is 0.594. The third kappa shape index (κ3) is 9.80. The summed E-state index contributed by atoms with van der Waals surface area (Å²) in [6.07, 6.45) is 28.6. The van der Waals surface area contributed by atoms with Crippen LogP contribution in [0.5, 0.6) is 0 Å². The van der Waals surface area contributed by atoms with Gasteiger partial charge in [0.05, 0.1) is 0 Å². The monoisotopic (exact) mass is 675 g/mol. The predicted octanol–water partition coefficient (Wildman–Crippen LogP) is 12.3. The lowest BCUT2D eigenvalue weighted by atomic mass is 9.77. The Kier molecular flexibility index (Phi) is 13.1. The first-order chi connectivity index (χ1) is 24.4. The molecule has 2 aromatic rings. The highest BCUT2D eigenvalue weighted by Crippen LogP contribution is 2.41. The molecule has 4 aliphatic carbocycles. The van der Waals surface area contributed by atoms with Crippen LogP contribution in [0.3, 0.4) is 0 Å². The molecule has 2 heterocycles. The van der Waals surface area contributed by atoms with Gasteiger partial charge in [-0.2, -0.15) is 0 Å². The van der Waals surface area contributed by atoms with Crippen LogP contribution in [0.25, 0.3) is 5.57 Å². The predicted molar refractivity (Wildman–Crippen MR) is 215 cm³/mol. The molecule has 0 atom stereocenters. The van der Waals surface area contributed by atoms with Gasteiger partial charge in [-0.15, -0.1) is 0 Å². The number of hydrogen-bond acceptors (Lipinski definition) is 4. The molecule has 4 fully saturated rings. The van der Waals surface area contributed by atoms with Gasteiger partial charge in [0.2, 0.25) is 0 Å². The Balaban J connectivity index is 0.000000336. The number of anilines is 1. The molecule has 1 N–H and O–H groups in total. The Morgan fingerprint density at radius 1 is 0.820 bits per heavy atom. The van der Waals surface area contributed by atoms with E-state index in [9.17, 15) is 0 Å². The average molecular weight is 675 g/mol. The summed E-state index contributed by atoms with van der Waals surface area (Å²) in [5.41, 5.74) is 11.1. The van der Waals surface area contributed by atoms with Gasteiger partial charge in [-0.3, -0.25) is 4.99 Å². The second kappa shape index (κ2) is 17.9. The SMILES string of the molecule is C=C(C1CCCCC1)N(CC1CCC(c2ccc(CC)c(C)c2)CC1)c1cc(C2=CN=C(C3CC3)C2)ccn1.C=C(CC)NC1CCCCC1. The maximum atomic E-state index is 4.95. The van der Waals surface area contributed by atoms with Crippen LogP contribution < -0.4 is 10.2 Å². The van der Waals surface area contributed by atoms with Crippen molar-refractivity contribution in [1.29, 1.82) is 0 Å². The van der Waals surface area contributed by atoms with Crippen LogP contribution in [0.2, 0.25) is 0 Å². The molecule has 4 saturated carbocycles. The molecule has 0 radical (unpaired) electrons. The number of rotatable bonds is 12. The summed E-state index contributed by atoms with van der Waals surface area (Å²) in [6.45, 7) is 16.4. The first kappa shape index (κ1) is 36.6. The molecule has 1 aliphatic heterocycles. The molecule has 1 aromatic heterocycles. The highest BCUT2D eigenvalue weighted by Gasteiger charge is 2.31. The highest BCUT2D eigenvalue weighted by atomic mass is 15.2. The largest absolute Gasteiger partial charge is 0.386 e. The summed E-state index contributed by atoms with van der Waals surface area (Å²) in [5.74, 6) is 3.83. The average Bonchev–Trinajstić information content (AvgIpc) is 3.90. The van der Waals surface area contributed by atoms with Crippen LogP contribution in [0.15, 0.2) is 72.3 Å². The topological polar surface area (TPSA) is 40.5 Å². The van der Waals surface area contributed by atoms with Crippen LogP contribution in [-0.4, -0.2) is 23.3 Å². The molecule has 0 saturated heterocycles. The number of benzene rings is 1. The van der Waals surface area contributed by atoms with Gasteiger partial charge in [0.15, 0.2) is 0 Å². The fourth-order valence-corrected chi connectivity index (χ4v) is 9.01. The summed E-state index contributed by atoms with van der Waals surface area (Å²) >= 11 is 0. The molecule has 50 heavy (non-hydrogen) atoms. The zero-order chi connectivity index (χ0) is 34.9. The van der Waals surface area contributed by atoms with Gasteiger partial charge in [-0.05, 0) is 148 Å². The quantitative estimate of drug-likeness (QED) is 0.244. The molecule has 0 spiro atoms. The molecule has 4 nitrogen and oxygen atoms in total. The molecule has 1 aromatic carbocycles. The van der Waals surface area contributed by atoms with Gasteiger partial charge in [0.25, 0.3) is 0 Å². The van der Waals surface area contributed by atoms with Crippen LogP contribution in [0.1, 0.15) is 158 Å². The van der Waals surface area contributed by atoms with Gasteiger partial charge in [-0.1, -0.05) is 83.7 Å². The molecule has 0 amide bonds. The van der Waals surface area contributed by atoms with Crippen molar-refractivity contribution < 1.29 is 0 Å². The normalized spacial score (nSPS) is 22.9. The fraction of sp³-hybridized carbons (Fsp3) is 0.609. The Morgan fingerprint density at radius 3 is 2.18 bits per heavy atom. The van der Waals surface area contributed by atoms with Crippen LogP contribution in [0.4, 0.5) is 5.82 Å². The van der Waals surface area contributed by atoms with Gasteiger partial charge < -0.3 is 10.2 Å². The van der Waals surface area contributed by atoms with E-state index in [1.54, 1.807) is 5.56 Å². The van der Waals surface area contributed by atoms with Crippen molar-refractivity contribution in [3.63, 3.8) is 0 Å². The lowest BCUT2D eigenvalue weighted by molar-refractivity contribution is 0.323. The molecule has 0 bridgehead atoms. The fourth-order valence-electron chi connectivity index (χ4n) is 9.01. The van der Waals surface area contributed by atoms with E-state index in [0.29, 0.717) is 17.8 Å². The number of nitrogens with zero attached hydrogens (tertiary/aromatic N) is 3. The first-order valence-electron chi connectivity index (χ1n) is 20.6. The lowest BCUT2D eigenvalue weighted by Gasteiger charge is -2.37. The summed E-state index contributed by atoms with van der Waals surface area (Å²) in [5, 5.41) is 3.47. The Bertz CT molecular complexity index is 1490. The molecule has 4 heteroatoms. The number of aromatic nitrogens is 1. The van der Waals surface area contributed by atoms with Crippen molar-refractivity contribution in [3.05, 3.63) is 89.5 Å². The maximum Gasteiger partial charge on any atom is 0.133 e. The van der Waals surface area contributed by atoms with E-state index >= 15 is 0 Å². The summed E-state index contributed by atoms with van der Waals surface area (Å²) in [4.78, 5) is 12.3. The molecular formula is C46H66N4. The molecule has 7 rings (SSSR count). The minimum Gasteiger partial charge on any atom is -0.386 e. The van der Waals surface area contributed by atoms with E-state index in [4.69, 9.17) is 16.6 Å². The van der Waals surface area contributed by atoms with Crippen molar-refractivity contribution in [2.75, 3.05) is 11.4 Å². The van der Waals surface area contributed by atoms with E-state index in [1.807, 2.05) is 6.20 Å².